The zero-order valence-corrected chi connectivity index (χ0v) is 19.7. The van der Waals surface area contributed by atoms with Crippen molar-refractivity contribution in [2.45, 2.75) is 57.9 Å². The summed E-state index contributed by atoms with van der Waals surface area (Å²) in [7, 11) is 0. The summed E-state index contributed by atoms with van der Waals surface area (Å²) in [4.78, 5) is 29.4. The second kappa shape index (κ2) is 10.3. The number of likely N-dealkylation sites (tertiary alicyclic amines) is 1. The van der Waals surface area contributed by atoms with E-state index in [-0.39, 0.29) is 17.7 Å². The Hall–Kier alpha value is -1.93. The molecule has 0 saturated carbocycles. The van der Waals surface area contributed by atoms with Gasteiger partial charge in [0.05, 0.1) is 12.0 Å². The van der Waals surface area contributed by atoms with Gasteiger partial charge in [-0.2, -0.15) is 0 Å². The number of benzene rings is 1. The van der Waals surface area contributed by atoms with Crippen LogP contribution >= 0.6 is 12.2 Å². The first kappa shape index (κ1) is 23.2. The highest BCUT2D eigenvalue weighted by molar-refractivity contribution is 7.80. The molecule has 1 aromatic rings. The average molecular weight is 457 g/mol. The molecule has 0 bridgehead atoms. The highest BCUT2D eigenvalue weighted by Crippen LogP contribution is 2.31. The summed E-state index contributed by atoms with van der Waals surface area (Å²) < 4.78 is 11.6. The van der Waals surface area contributed by atoms with Crippen molar-refractivity contribution < 1.29 is 19.1 Å². The van der Waals surface area contributed by atoms with Crippen LogP contribution in [0.3, 0.4) is 0 Å². The van der Waals surface area contributed by atoms with Gasteiger partial charge in [-0.15, -0.1) is 0 Å². The Labute approximate surface area is 195 Å². The van der Waals surface area contributed by atoms with Crippen molar-refractivity contribution in [3.63, 3.8) is 0 Å². The molecule has 2 heterocycles. The number of hydrogen-bond donors (Lipinski definition) is 1. The largest absolute Gasteiger partial charge is 0.351 e. The van der Waals surface area contributed by atoms with Gasteiger partial charge in [0.15, 0.2) is 6.29 Å². The van der Waals surface area contributed by atoms with Gasteiger partial charge in [-0.3, -0.25) is 9.59 Å². The van der Waals surface area contributed by atoms with Crippen molar-refractivity contribution in [2.75, 3.05) is 26.3 Å². The molecular formula is C25H32N2O4S. The van der Waals surface area contributed by atoms with Gasteiger partial charge in [-0.25, -0.2) is 0 Å². The third kappa shape index (κ3) is 4.71. The standard InChI is InChI=1S/C25H32N2O4S/c1-3-30-25(31-4-2)19-10-7-11-27(19)24(29)23-22(21(32)15-26-23)20(28)14-16-12-17-8-5-6-9-18(17)13-16/h5-6,8-9,12,19,22-23,25-26H,3-4,7,10-11,13-15H2,1-2H3/t19-,22?,23-/m0/s1. The van der Waals surface area contributed by atoms with E-state index in [4.69, 9.17) is 21.7 Å². The van der Waals surface area contributed by atoms with Crippen LogP contribution in [0.1, 0.15) is 44.2 Å². The van der Waals surface area contributed by atoms with E-state index in [0.29, 0.717) is 37.6 Å². The Morgan fingerprint density at radius 3 is 2.69 bits per heavy atom. The maximum Gasteiger partial charge on any atom is 0.241 e. The number of thiocarbonyl (C=S) groups is 1. The first-order valence-electron chi connectivity index (χ1n) is 11.6. The molecule has 2 fully saturated rings. The molecule has 1 aliphatic carbocycles. The lowest BCUT2D eigenvalue weighted by molar-refractivity contribution is -0.176. The number of nitrogens with zero attached hydrogens (tertiary/aromatic N) is 1. The van der Waals surface area contributed by atoms with Crippen LogP contribution in [0.25, 0.3) is 6.08 Å². The lowest BCUT2D eigenvalue weighted by atomic mass is 9.90. The highest BCUT2D eigenvalue weighted by atomic mass is 32.1. The van der Waals surface area contributed by atoms with E-state index in [1.54, 1.807) is 0 Å². The number of Topliss-reactive ketones (excluding diaryl/α,β-unsaturated/α-hetero) is 1. The molecule has 32 heavy (non-hydrogen) atoms. The molecule has 2 aliphatic heterocycles. The van der Waals surface area contributed by atoms with E-state index >= 15 is 0 Å². The fourth-order valence-electron chi connectivity index (χ4n) is 5.14. The molecule has 1 amide bonds. The lowest BCUT2D eigenvalue weighted by Gasteiger charge is -2.33. The Kier molecular flexibility index (Phi) is 7.51. The Morgan fingerprint density at radius 2 is 1.97 bits per heavy atom. The number of amides is 1. The van der Waals surface area contributed by atoms with Crippen LogP contribution in [0.4, 0.5) is 0 Å². The molecule has 1 unspecified atom stereocenters. The molecule has 4 rings (SSSR count). The van der Waals surface area contributed by atoms with Crippen LogP contribution in [-0.4, -0.2) is 66.1 Å². The molecular weight excluding hydrogens is 424 g/mol. The Balaban J connectivity index is 1.46. The van der Waals surface area contributed by atoms with Crippen molar-refractivity contribution in [3.05, 3.63) is 41.0 Å². The number of rotatable bonds is 9. The zero-order chi connectivity index (χ0) is 22.7. The molecule has 1 N–H and O–H groups in total. The lowest BCUT2D eigenvalue weighted by Crippen LogP contribution is -2.53. The molecule has 3 atom stereocenters. The smallest absolute Gasteiger partial charge is 0.241 e. The van der Waals surface area contributed by atoms with Crippen molar-refractivity contribution >= 4 is 34.8 Å². The third-order valence-electron chi connectivity index (χ3n) is 6.58. The number of carbonyl (C=O) groups is 2. The minimum Gasteiger partial charge on any atom is -0.351 e. The molecule has 0 radical (unpaired) electrons. The maximum absolute atomic E-state index is 13.6. The predicted molar refractivity (Wildman–Crippen MR) is 127 cm³/mol. The van der Waals surface area contributed by atoms with Crippen molar-refractivity contribution in [3.8, 4) is 0 Å². The fourth-order valence-corrected chi connectivity index (χ4v) is 5.50. The number of fused-ring (bicyclic) bond motifs is 1. The number of nitrogens with one attached hydrogen (secondary N) is 1. The molecule has 0 spiro atoms. The number of ether oxygens (including phenoxy) is 2. The Morgan fingerprint density at radius 1 is 1.22 bits per heavy atom. The van der Waals surface area contributed by atoms with Gasteiger partial charge in [0.1, 0.15) is 11.8 Å². The monoisotopic (exact) mass is 456 g/mol. The summed E-state index contributed by atoms with van der Waals surface area (Å²) in [6, 6.07) is 7.45. The normalized spacial score (nSPS) is 24.8. The van der Waals surface area contributed by atoms with E-state index in [1.807, 2.05) is 30.9 Å². The fraction of sp³-hybridized carbons (Fsp3) is 0.560. The average Bonchev–Trinajstić information content (AvgIpc) is 3.50. The number of ketones is 1. The van der Waals surface area contributed by atoms with Crippen LogP contribution < -0.4 is 5.32 Å². The molecule has 3 aliphatic rings. The summed E-state index contributed by atoms with van der Waals surface area (Å²) in [5, 5.41) is 3.23. The van der Waals surface area contributed by atoms with Crippen molar-refractivity contribution in [1.29, 1.82) is 0 Å². The van der Waals surface area contributed by atoms with Crippen LogP contribution in [0.15, 0.2) is 29.8 Å². The van der Waals surface area contributed by atoms with Crippen LogP contribution in [0.5, 0.6) is 0 Å². The van der Waals surface area contributed by atoms with E-state index in [1.165, 1.54) is 11.1 Å². The van der Waals surface area contributed by atoms with Gasteiger partial charge in [0.2, 0.25) is 5.91 Å². The summed E-state index contributed by atoms with van der Waals surface area (Å²) in [5.74, 6) is -0.612. The van der Waals surface area contributed by atoms with E-state index in [0.717, 1.165) is 24.8 Å². The SMILES string of the molecule is CCOC(OCC)[C@@H]1CCCN1C(=O)[C@H]1NCC(=S)C1C(=O)CC1=Cc2ccccc2C1. The predicted octanol–water partition coefficient (Wildman–Crippen LogP) is 2.93. The molecule has 6 nitrogen and oxygen atoms in total. The Bertz CT molecular complexity index is 909. The van der Waals surface area contributed by atoms with Crippen molar-refractivity contribution in [1.82, 2.24) is 10.2 Å². The number of carbonyl (C=O) groups excluding carboxylic acids is 2. The minimum atomic E-state index is -0.608. The summed E-state index contributed by atoms with van der Waals surface area (Å²) >= 11 is 5.54. The minimum absolute atomic E-state index is 0.0271. The topological polar surface area (TPSA) is 67.9 Å². The molecule has 0 aromatic heterocycles. The van der Waals surface area contributed by atoms with Gasteiger partial charge < -0.3 is 19.7 Å². The van der Waals surface area contributed by atoms with Crippen LogP contribution in [-0.2, 0) is 25.5 Å². The van der Waals surface area contributed by atoms with Gasteiger partial charge in [-0.1, -0.05) is 48.1 Å². The second-order valence-electron chi connectivity index (χ2n) is 8.64. The summed E-state index contributed by atoms with van der Waals surface area (Å²) in [6.07, 6.45) is 4.49. The van der Waals surface area contributed by atoms with E-state index < -0.39 is 18.2 Å². The molecule has 172 valence electrons. The van der Waals surface area contributed by atoms with Crippen molar-refractivity contribution in [2.24, 2.45) is 5.92 Å². The zero-order valence-electron chi connectivity index (χ0n) is 18.8. The number of hydrogen-bond acceptors (Lipinski definition) is 6. The summed E-state index contributed by atoms with van der Waals surface area (Å²) in [5.41, 5.74) is 3.50. The quantitative estimate of drug-likeness (QED) is 0.455. The maximum atomic E-state index is 13.6. The summed E-state index contributed by atoms with van der Waals surface area (Å²) in [6.45, 7) is 5.96. The second-order valence-corrected chi connectivity index (χ2v) is 9.17. The molecule has 1 aromatic carbocycles. The van der Waals surface area contributed by atoms with E-state index in [9.17, 15) is 9.59 Å². The number of allylic oxidation sites excluding steroid dienone is 1. The first-order valence-corrected chi connectivity index (χ1v) is 12.0. The first-order chi connectivity index (χ1) is 15.5. The van der Waals surface area contributed by atoms with Gasteiger partial charge in [-0.05, 0) is 44.2 Å². The van der Waals surface area contributed by atoms with E-state index in [2.05, 4.69) is 23.5 Å². The van der Waals surface area contributed by atoms with Gasteiger partial charge >= 0.3 is 0 Å². The van der Waals surface area contributed by atoms with Gasteiger partial charge in [0.25, 0.3) is 0 Å². The highest BCUT2D eigenvalue weighted by Gasteiger charge is 2.46. The third-order valence-corrected chi connectivity index (χ3v) is 6.98. The van der Waals surface area contributed by atoms with Crippen LogP contribution in [0, 0.1) is 5.92 Å². The molecule has 2 saturated heterocycles. The molecule has 7 heteroatoms. The van der Waals surface area contributed by atoms with Crippen LogP contribution in [0.2, 0.25) is 0 Å². The van der Waals surface area contributed by atoms with Gasteiger partial charge in [0, 0.05) is 37.6 Å².